The summed E-state index contributed by atoms with van der Waals surface area (Å²) in [6, 6.07) is 13.2. The van der Waals surface area contributed by atoms with E-state index in [1.807, 2.05) is 13.1 Å². The van der Waals surface area contributed by atoms with E-state index in [-0.39, 0.29) is 11.6 Å². The zero-order valence-electron chi connectivity index (χ0n) is 17.0. The number of aromatic nitrogens is 1. The van der Waals surface area contributed by atoms with Crippen molar-refractivity contribution in [1.82, 2.24) is 15.6 Å². The van der Waals surface area contributed by atoms with E-state index in [1.54, 1.807) is 36.4 Å². The van der Waals surface area contributed by atoms with E-state index in [2.05, 4.69) is 20.6 Å². The lowest BCUT2D eigenvalue weighted by Gasteiger charge is -2.11. The minimum Gasteiger partial charge on any atom is -0.361 e. The van der Waals surface area contributed by atoms with E-state index >= 15 is 0 Å². The summed E-state index contributed by atoms with van der Waals surface area (Å²) in [4.78, 5) is 7.96. The Kier molecular flexibility index (Phi) is 7.46. The van der Waals surface area contributed by atoms with Crippen molar-refractivity contribution in [2.24, 2.45) is 4.99 Å². The molecule has 30 heavy (non-hydrogen) atoms. The molecule has 0 bridgehead atoms. The number of hydrogen-bond donors (Lipinski definition) is 3. The number of nitrogens with zero attached hydrogens (tertiary/aromatic N) is 1. The van der Waals surface area contributed by atoms with Crippen LogP contribution < -0.4 is 10.6 Å². The second kappa shape index (κ2) is 10.2. The maximum Gasteiger partial charge on any atom is 0.191 e. The Morgan fingerprint density at radius 1 is 1.13 bits per heavy atom. The van der Waals surface area contributed by atoms with E-state index in [0.717, 1.165) is 16.5 Å². The van der Waals surface area contributed by atoms with Gasteiger partial charge in [-0.3, -0.25) is 4.99 Å². The Labute approximate surface area is 176 Å². The van der Waals surface area contributed by atoms with Gasteiger partial charge in [0.15, 0.2) is 15.8 Å². The summed E-state index contributed by atoms with van der Waals surface area (Å²) < 4.78 is 38.2. The normalized spacial score (nSPS) is 12.3. The standard InChI is InChI=1S/C22H27FN4O2S/c1-2-24-22(25-12-6-14-30(28,29)19-7-4-3-5-8-19)26-13-11-17-16-27-21-10-9-18(23)15-20(17)21/h3-5,7-10,15-16,27H,2,6,11-14H2,1H3,(H2,24,25,26). The first-order chi connectivity index (χ1) is 14.5. The summed E-state index contributed by atoms with van der Waals surface area (Å²) in [7, 11) is -3.29. The van der Waals surface area contributed by atoms with Gasteiger partial charge >= 0.3 is 0 Å². The molecule has 3 N–H and O–H groups in total. The fraction of sp³-hybridized carbons (Fsp3) is 0.318. The lowest BCUT2D eigenvalue weighted by atomic mass is 10.1. The van der Waals surface area contributed by atoms with E-state index in [4.69, 9.17) is 0 Å². The lowest BCUT2D eigenvalue weighted by molar-refractivity contribution is 0.593. The smallest absolute Gasteiger partial charge is 0.191 e. The quantitative estimate of drug-likeness (QED) is 0.276. The van der Waals surface area contributed by atoms with Crippen LogP contribution in [0.5, 0.6) is 0 Å². The summed E-state index contributed by atoms with van der Waals surface area (Å²) in [6.45, 7) is 3.70. The Hall–Kier alpha value is -2.87. The molecule has 0 aliphatic heterocycles. The highest BCUT2D eigenvalue weighted by atomic mass is 32.2. The van der Waals surface area contributed by atoms with E-state index in [1.165, 1.54) is 12.1 Å². The third-order valence-electron chi connectivity index (χ3n) is 4.70. The van der Waals surface area contributed by atoms with Crippen LogP contribution in [0.15, 0.2) is 64.6 Å². The molecule has 160 valence electrons. The zero-order chi connectivity index (χ0) is 21.4. The van der Waals surface area contributed by atoms with Gasteiger partial charge in [0, 0.05) is 36.7 Å². The molecule has 3 aromatic rings. The fourth-order valence-electron chi connectivity index (χ4n) is 3.21. The highest BCUT2D eigenvalue weighted by Gasteiger charge is 2.13. The number of rotatable bonds is 9. The second-order valence-electron chi connectivity index (χ2n) is 6.93. The van der Waals surface area contributed by atoms with Crippen LogP contribution in [0.4, 0.5) is 4.39 Å². The maximum atomic E-state index is 13.5. The van der Waals surface area contributed by atoms with Gasteiger partial charge < -0.3 is 15.6 Å². The number of aromatic amines is 1. The molecular weight excluding hydrogens is 403 g/mol. The summed E-state index contributed by atoms with van der Waals surface area (Å²) in [5.74, 6) is 0.443. The van der Waals surface area contributed by atoms with Gasteiger partial charge in [-0.15, -0.1) is 0 Å². The van der Waals surface area contributed by atoms with Crippen LogP contribution in [0.25, 0.3) is 10.9 Å². The minimum atomic E-state index is -3.29. The molecule has 3 rings (SSSR count). The number of guanidine groups is 1. The van der Waals surface area contributed by atoms with Crippen molar-refractivity contribution >= 4 is 26.7 Å². The SMILES string of the molecule is CCNC(=NCCCS(=O)(=O)c1ccccc1)NCCc1c[nH]c2ccc(F)cc12. The van der Waals surface area contributed by atoms with Crippen LogP contribution in [0.3, 0.4) is 0 Å². The third kappa shape index (κ3) is 5.82. The molecule has 1 heterocycles. The first-order valence-electron chi connectivity index (χ1n) is 10.0. The van der Waals surface area contributed by atoms with Gasteiger partial charge in [-0.25, -0.2) is 12.8 Å². The molecular formula is C22H27FN4O2S. The van der Waals surface area contributed by atoms with Crippen molar-refractivity contribution in [2.45, 2.75) is 24.7 Å². The van der Waals surface area contributed by atoms with Crippen LogP contribution in [0, 0.1) is 5.82 Å². The topological polar surface area (TPSA) is 86.3 Å². The minimum absolute atomic E-state index is 0.0564. The predicted molar refractivity (Wildman–Crippen MR) is 119 cm³/mol. The van der Waals surface area contributed by atoms with Gasteiger partial charge in [0.2, 0.25) is 0 Å². The average molecular weight is 431 g/mol. The molecule has 0 saturated heterocycles. The molecule has 0 fully saturated rings. The Morgan fingerprint density at radius 2 is 1.93 bits per heavy atom. The zero-order valence-corrected chi connectivity index (χ0v) is 17.8. The van der Waals surface area contributed by atoms with Gasteiger partial charge in [-0.2, -0.15) is 0 Å². The number of nitrogens with one attached hydrogen (secondary N) is 3. The number of sulfone groups is 1. The molecule has 0 atom stereocenters. The molecule has 0 saturated carbocycles. The summed E-state index contributed by atoms with van der Waals surface area (Å²) in [5.41, 5.74) is 1.94. The second-order valence-corrected chi connectivity index (χ2v) is 9.04. The number of benzene rings is 2. The van der Waals surface area contributed by atoms with E-state index in [0.29, 0.717) is 43.3 Å². The number of hydrogen-bond acceptors (Lipinski definition) is 3. The van der Waals surface area contributed by atoms with Crippen LogP contribution in [-0.4, -0.2) is 44.7 Å². The van der Waals surface area contributed by atoms with Gasteiger partial charge in [-0.1, -0.05) is 18.2 Å². The number of H-pyrrole nitrogens is 1. The molecule has 8 heteroatoms. The first-order valence-corrected chi connectivity index (χ1v) is 11.7. The summed E-state index contributed by atoms with van der Waals surface area (Å²) >= 11 is 0. The highest BCUT2D eigenvalue weighted by molar-refractivity contribution is 7.91. The van der Waals surface area contributed by atoms with Gasteiger partial charge in [0.05, 0.1) is 10.6 Å². The Balaban J connectivity index is 1.51. The van der Waals surface area contributed by atoms with E-state index < -0.39 is 9.84 Å². The largest absolute Gasteiger partial charge is 0.361 e. The van der Waals surface area contributed by atoms with Crippen LogP contribution in [0.1, 0.15) is 18.9 Å². The van der Waals surface area contributed by atoms with Crippen molar-refractivity contribution in [3.63, 3.8) is 0 Å². The molecule has 0 unspecified atom stereocenters. The van der Waals surface area contributed by atoms with Crippen molar-refractivity contribution in [2.75, 3.05) is 25.4 Å². The average Bonchev–Trinajstić information content (AvgIpc) is 3.14. The molecule has 0 amide bonds. The van der Waals surface area contributed by atoms with E-state index in [9.17, 15) is 12.8 Å². The van der Waals surface area contributed by atoms with Crippen LogP contribution in [0.2, 0.25) is 0 Å². The molecule has 1 aromatic heterocycles. The summed E-state index contributed by atoms with van der Waals surface area (Å²) in [6.07, 6.45) is 3.04. The van der Waals surface area contributed by atoms with Crippen molar-refractivity contribution in [1.29, 1.82) is 0 Å². The highest BCUT2D eigenvalue weighted by Crippen LogP contribution is 2.19. The molecule has 2 aromatic carbocycles. The Bertz CT molecular complexity index is 1090. The van der Waals surface area contributed by atoms with Crippen molar-refractivity contribution < 1.29 is 12.8 Å². The van der Waals surface area contributed by atoms with Crippen LogP contribution >= 0.6 is 0 Å². The first kappa shape index (κ1) is 21.8. The summed E-state index contributed by atoms with van der Waals surface area (Å²) in [5, 5.41) is 7.29. The van der Waals surface area contributed by atoms with Crippen molar-refractivity contribution in [3.05, 3.63) is 66.1 Å². The molecule has 0 radical (unpaired) electrons. The molecule has 0 aliphatic carbocycles. The van der Waals surface area contributed by atoms with Crippen molar-refractivity contribution in [3.8, 4) is 0 Å². The monoisotopic (exact) mass is 430 g/mol. The van der Waals surface area contributed by atoms with Crippen LogP contribution in [-0.2, 0) is 16.3 Å². The predicted octanol–water partition coefficient (Wildman–Crippen LogP) is 3.27. The van der Waals surface area contributed by atoms with Gasteiger partial charge in [0.25, 0.3) is 0 Å². The number of aliphatic imine (C=N–C) groups is 1. The molecule has 6 nitrogen and oxygen atoms in total. The molecule has 0 aliphatic rings. The molecule has 0 spiro atoms. The fourth-order valence-corrected chi connectivity index (χ4v) is 4.52. The number of halogens is 1. The third-order valence-corrected chi connectivity index (χ3v) is 6.52. The van der Waals surface area contributed by atoms with Gasteiger partial charge in [0.1, 0.15) is 5.82 Å². The van der Waals surface area contributed by atoms with Gasteiger partial charge in [-0.05, 0) is 55.7 Å². The lowest BCUT2D eigenvalue weighted by Crippen LogP contribution is -2.38. The number of fused-ring (bicyclic) bond motifs is 1. The maximum absolute atomic E-state index is 13.5. The Morgan fingerprint density at radius 3 is 2.70 bits per heavy atom.